The molecule has 2 aromatic heterocycles. The molecule has 0 unspecified atom stereocenters. The van der Waals surface area contributed by atoms with E-state index >= 15 is 0 Å². The van der Waals surface area contributed by atoms with E-state index in [1.807, 2.05) is 30.3 Å². The van der Waals surface area contributed by atoms with E-state index in [2.05, 4.69) is 49.6 Å². The van der Waals surface area contributed by atoms with Gasteiger partial charge in [-0.05, 0) is 24.3 Å². The molecule has 7 nitrogen and oxygen atoms in total. The normalized spacial score (nSPS) is 14.4. The number of hydrogen-bond donors (Lipinski definition) is 1. The quantitative estimate of drug-likeness (QED) is 0.582. The Balaban J connectivity index is 1.46. The Morgan fingerprint density at radius 2 is 1.68 bits per heavy atom. The van der Waals surface area contributed by atoms with Gasteiger partial charge < -0.3 is 19.5 Å². The van der Waals surface area contributed by atoms with Crippen LogP contribution in [0.5, 0.6) is 0 Å². The van der Waals surface area contributed by atoms with Crippen molar-refractivity contribution in [2.24, 2.45) is 0 Å². The number of rotatable bonds is 4. The van der Waals surface area contributed by atoms with Crippen LogP contribution in [-0.4, -0.2) is 41.4 Å². The standard InChI is InChI=1S/C21H19N5O2/c1-2-4-15(5-3-1)19-18-20(22-14-23-21(18)28-25-19)24-16-6-8-17(9-7-16)26-10-12-27-13-11-26/h1-9,14H,10-13H2,(H,22,23,24). The second-order valence-electron chi connectivity index (χ2n) is 6.57. The Morgan fingerprint density at radius 3 is 2.46 bits per heavy atom. The molecule has 0 saturated carbocycles. The van der Waals surface area contributed by atoms with Gasteiger partial charge in [0.15, 0.2) is 0 Å². The second kappa shape index (κ2) is 7.28. The van der Waals surface area contributed by atoms with Gasteiger partial charge in [-0.15, -0.1) is 0 Å². The van der Waals surface area contributed by atoms with Gasteiger partial charge in [-0.25, -0.2) is 4.98 Å². The third-order valence-corrected chi connectivity index (χ3v) is 4.83. The van der Waals surface area contributed by atoms with Crippen molar-refractivity contribution in [3.63, 3.8) is 0 Å². The number of anilines is 3. The van der Waals surface area contributed by atoms with E-state index in [9.17, 15) is 0 Å². The summed E-state index contributed by atoms with van der Waals surface area (Å²) >= 11 is 0. The predicted molar refractivity (Wildman–Crippen MR) is 108 cm³/mol. The summed E-state index contributed by atoms with van der Waals surface area (Å²) in [6.07, 6.45) is 1.48. The maximum Gasteiger partial charge on any atom is 0.263 e. The Morgan fingerprint density at radius 1 is 0.893 bits per heavy atom. The molecule has 1 aliphatic heterocycles. The fourth-order valence-electron chi connectivity index (χ4n) is 3.39. The van der Waals surface area contributed by atoms with Crippen LogP contribution in [0.4, 0.5) is 17.2 Å². The number of benzene rings is 2. The largest absolute Gasteiger partial charge is 0.378 e. The van der Waals surface area contributed by atoms with Crippen LogP contribution in [0.15, 0.2) is 65.4 Å². The van der Waals surface area contributed by atoms with Gasteiger partial charge in [0, 0.05) is 30.0 Å². The lowest BCUT2D eigenvalue weighted by Crippen LogP contribution is -2.36. The molecular formula is C21H19N5O2. The van der Waals surface area contributed by atoms with Crippen LogP contribution in [0.1, 0.15) is 0 Å². The highest BCUT2D eigenvalue weighted by Gasteiger charge is 2.17. The van der Waals surface area contributed by atoms with E-state index in [1.54, 1.807) is 0 Å². The molecule has 0 bridgehead atoms. The van der Waals surface area contributed by atoms with Gasteiger partial charge in [0.2, 0.25) is 0 Å². The first kappa shape index (κ1) is 16.7. The minimum Gasteiger partial charge on any atom is -0.378 e. The van der Waals surface area contributed by atoms with E-state index in [0.717, 1.165) is 48.6 Å². The van der Waals surface area contributed by atoms with E-state index < -0.39 is 0 Å². The summed E-state index contributed by atoms with van der Waals surface area (Å²) < 4.78 is 10.8. The highest BCUT2D eigenvalue weighted by Crippen LogP contribution is 2.32. The van der Waals surface area contributed by atoms with Gasteiger partial charge in [0.1, 0.15) is 23.2 Å². The van der Waals surface area contributed by atoms with Gasteiger partial charge in [-0.2, -0.15) is 4.98 Å². The summed E-state index contributed by atoms with van der Waals surface area (Å²) in [5.41, 5.74) is 4.28. The lowest BCUT2D eigenvalue weighted by Gasteiger charge is -2.28. The van der Waals surface area contributed by atoms with Crippen molar-refractivity contribution >= 4 is 28.3 Å². The van der Waals surface area contributed by atoms with Crippen molar-refractivity contribution in [3.8, 4) is 11.3 Å². The summed E-state index contributed by atoms with van der Waals surface area (Å²) in [7, 11) is 0. The van der Waals surface area contributed by atoms with Crippen molar-refractivity contribution in [2.45, 2.75) is 0 Å². The Hall–Kier alpha value is -3.45. The minimum absolute atomic E-state index is 0.460. The molecule has 1 fully saturated rings. The zero-order chi connectivity index (χ0) is 18.8. The molecule has 0 radical (unpaired) electrons. The smallest absolute Gasteiger partial charge is 0.263 e. The third-order valence-electron chi connectivity index (χ3n) is 4.83. The van der Waals surface area contributed by atoms with Crippen LogP contribution in [0, 0.1) is 0 Å². The zero-order valence-electron chi connectivity index (χ0n) is 15.2. The average molecular weight is 373 g/mol. The van der Waals surface area contributed by atoms with Crippen LogP contribution in [0.3, 0.4) is 0 Å². The lowest BCUT2D eigenvalue weighted by molar-refractivity contribution is 0.122. The molecule has 28 heavy (non-hydrogen) atoms. The molecular weight excluding hydrogens is 354 g/mol. The molecule has 5 rings (SSSR count). The monoisotopic (exact) mass is 373 g/mol. The summed E-state index contributed by atoms with van der Waals surface area (Å²) in [6, 6.07) is 18.2. The van der Waals surface area contributed by atoms with E-state index in [-0.39, 0.29) is 0 Å². The third kappa shape index (κ3) is 3.16. The number of hydrogen-bond acceptors (Lipinski definition) is 7. The Bertz CT molecular complexity index is 1070. The molecule has 4 aromatic rings. The van der Waals surface area contributed by atoms with Gasteiger partial charge in [-0.3, -0.25) is 0 Å². The maximum atomic E-state index is 5.42. The molecule has 1 saturated heterocycles. The average Bonchev–Trinajstić information content (AvgIpc) is 3.21. The molecule has 0 atom stereocenters. The molecule has 140 valence electrons. The summed E-state index contributed by atoms with van der Waals surface area (Å²) in [5.74, 6) is 0.671. The van der Waals surface area contributed by atoms with Crippen LogP contribution >= 0.6 is 0 Å². The molecule has 3 heterocycles. The van der Waals surface area contributed by atoms with Crippen LogP contribution in [-0.2, 0) is 4.74 Å². The highest BCUT2D eigenvalue weighted by atomic mass is 16.5. The molecule has 1 aliphatic rings. The summed E-state index contributed by atoms with van der Waals surface area (Å²) in [5, 5.41) is 8.36. The van der Waals surface area contributed by atoms with E-state index in [1.165, 1.54) is 12.0 Å². The second-order valence-corrected chi connectivity index (χ2v) is 6.57. The van der Waals surface area contributed by atoms with Crippen molar-refractivity contribution in [2.75, 3.05) is 36.5 Å². The molecule has 2 aromatic carbocycles. The number of morpholine rings is 1. The predicted octanol–water partition coefficient (Wildman–Crippen LogP) is 3.87. The molecule has 1 N–H and O–H groups in total. The van der Waals surface area contributed by atoms with Gasteiger partial charge >= 0.3 is 0 Å². The molecule has 0 spiro atoms. The van der Waals surface area contributed by atoms with E-state index in [4.69, 9.17) is 9.26 Å². The van der Waals surface area contributed by atoms with Crippen molar-refractivity contribution in [1.29, 1.82) is 0 Å². The number of aromatic nitrogens is 3. The number of fused-ring (bicyclic) bond motifs is 1. The first-order valence-electron chi connectivity index (χ1n) is 9.24. The maximum absolute atomic E-state index is 5.42. The highest BCUT2D eigenvalue weighted by molar-refractivity contribution is 5.98. The number of nitrogens with zero attached hydrogens (tertiary/aromatic N) is 4. The summed E-state index contributed by atoms with van der Waals surface area (Å²) in [6.45, 7) is 3.38. The van der Waals surface area contributed by atoms with Crippen LogP contribution in [0.25, 0.3) is 22.4 Å². The topological polar surface area (TPSA) is 76.3 Å². The van der Waals surface area contributed by atoms with Crippen molar-refractivity contribution < 1.29 is 9.26 Å². The number of nitrogens with one attached hydrogen (secondary N) is 1. The van der Waals surface area contributed by atoms with Crippen LogP contribution in [0.2, 0.25) is 0 Å². The van der Waals surface area contributed by atoms with Crippen LogP contribution < -0.4 is 10.2 Å². The molecule has 7 heteroatoms. The molecule has 0 amide bonds. The van der Waals surface area contributed by atoms with Crippen molar-refractivity contribution in [3.05, 3.63) is 60.9 Å². The Labute approximate surface area is 162 Å². The Kier molecular flexibility index (Phi) is 4.34. The minimum atomic E-state index is 0.460. The zero-order valence-corrected chi connectivity index (χ0v) is 15.2. The fraction of sp³-hybridized carbons (Fsp3) is 0.190. The fourth-order valence-corrected chi connectivity index (χ4v) is 3.39. The first-order valence-corrected chi connectivity index (χ1v) is 9.24. The van der Waals surface area contributed by atoms with Crippen molar-refractivity contribution in [1.82, 2.24) is 15.1 Å². The van der Waals surface area contributed by atoms with Gasteiger partial charge in [0.05, 0.1) is 13.2 Å². The first-order chi connectivity index (χ1) is 13.9. The summed E-state index contributed by atoms with van der Waals surface area (Å²) in [4.78, 5) is 11.0. The van der Waals surface area contributed by atoms with Gasteiger partial charge in [-0.1, -0.05) is 35.5 Å². The SMILES string of the molecule is c1ccc(-c2noc3ncnc(Nc4ccc(N5CCOCC5)cc4)c23)cc1. The van der Waals surface area contributed by atoms with Gasteiger partial charge in [0.25, 0.3) is 5.71 Å². The lowest BCUT2D eigenvalue weighted by atomic mass is 10.1. The molecule has 0 aliphatic carbocycles. The number of ether oxygens (including phenoxy) is 1. The van der Waals surface area contributed by atoms with E-state index in [0.29, 0.717) is 11.5 Å².